The highest BCUT2D eigenvalue weighted by Gasteiger charge is 2.17. The van der Waals surface area contributed by atoms with Crippen molar-refractivity contribution in [2.24, 2.45) is 0 Å². The predicted octanol–water partition coefficient (Wildman–Crippen LogP) is 2.82. The fraction of sp³-hybridized carbons (Fsp3) is 0.250. The summed E-state index contributed by atoms with van der Waals surface area (Å²) in [5.74, 6) is 0.322. The molecule has 2 aromatic carbocycles. The molecule has 0 aliphatic carbocycles. The van der Waals surface area contributed by atoms with Gasteiger partial charge in [0.15, 0.2) is 0 Å². The molecule has 1 aliphatic heterocycles. The topological polar surface area (TPSA) is 29.5 Å². The summed E-state index contributed by atoms with van der Waals surface area (Å²) in [6.07, 6.45) is 2.63. The van der Waals surface area contributed by atoms with Crippen molar-refractivity contribution in [3.63, 3.8) is 0 Å². The molecule has 2 nitrogen and oxygen atoms in total. The minimum atomic E-state index is -0.984. The molecule has 2 aromatic rings. The van der Waals surface area contributed by atoms with Gasteiger partial charge in [-0.3, -0.25) is 0 Å². The smallest absolute Gasteiger partial charge is 0.208 e. The molecule has 1 N–H and O–H groups in total. The van der Waals surface area contributed by atoms with Gasteiger partial charge in [0.25, 0.3) is 0 Å². The van der Waals surface area contributed by atoms with Crippen LogP contribution >= 0.6 is 0 Å². The normalized spacial score (nSPS) is 18.2. The first-order valence-corrected chi connectivity index (χ1v) is 8.63. The molecular formula is C16H20O2Si. The highest BCUT2D eigenvalue weighted by atomic mass is 28.3. The standard InChI is InChI=1S/C10H14OSi.C6H6O/c1-2-6-10(7-3-1)12-9-5-4-8-11-12;7-6-4-2-1-3-5-6/h1-3,6-7,12H,4-5,8-9H2;1-5,7H. The monoisotopic (exact) mass is 272 g/mol. The lowest BCUT2D eigenvalue weighted by Crippen LogP contribution is -2.36. The molecule has 0 radical (unpaired) electrons. The van der Waals surface area contributed by atoms with Crippen LogP contribution < -0.4 is 5.19 Å². The lowest BCUT2D eigenvalue weighted by molar-refractivity contribution is 0.294. The van der Waals surface area contributed by atoms with Gasteiger partial charge in [0.05, 0.1) is 0 Å². The van der Waals surface area contributed by atoms with Crippen molar-refractivity contribution < 1.29 is 9.53 Å². The molecule has 0 amide bonds. The maximum absolute atomic E-state index is 8.63. The van der Waals surface area contributed by atoms with Crippen LogP contribution in [0.4, 0.5) is 0 Å². The number of hydrogen-bond acceptors (Lipinski definition) is 2. The van der Waals surface area contributed by atoms with E-state index in [-0.39, 0.29) is 0 Å². The fourth-order valence-corrected chi connectivity index (χ4v) is 4.55. The molecular weight excluding hydrogens is 252 g/mol. The van der Waals surface area contributed by atoms with Crippen molar-refractivity contribution in [2.45, 2.75) is 18.9 Å². The van der Waals surface area contributed by atoms with Gasteiger partial charge >= 0.3 is 0 Å². The summed E-state index contributed by atoms with van der Waals surface area (Å²) < 4.78 is 5.80. The van der Waals surface area contributed by atoms with E-state index in [0.29, 0.717) is 5.75 Å². The predicted molar refractivity (Wildman–Crippen MR) is 81.3 cm³/mol. The summed E-state index contributed by atoms with van der Waals surface area (Å²) in [6, 6.07) is 20.8. The SMILES string of the molecule is Oc1ccccc1.c1ccc([SiH]2CCCCO2)cc1. The van der Waals surface area contributed by atoms with E-state index in [4.69, 9.17) is 9.53 Å². The molecule has 0 bridgehead atoms. The zero-order valence-corrected chi connectivity index (χ0v) is 12.2. The van der Waals surface area contributed by atoms with Crippen LogP contribution in [0.5, 0.6) is 5.75 Å². The Morgan fingerprint density at radius 1 is 0.842 bits per heavy atom. The molecule has 3 rings (SSSR count). The molecule has 19 heavy (non-hydrogen) atoms. The van der Waals surface area contributed by atoms with Crippen LogP contribution in [-0.4, -0.2) is 20.8 Å². The number of benzene rings is 2. The van der Waals surface area contributed by atoms with Gasteiger partial charge in [-0.15, -0.1) is 0 Å². The molecule has 1 fully saturated rings. The fourth-order valence-electron chi connectivity index (χ4n) is 2.10. The molecule has 3 heteroatoms. The number of phenolic OH excluding ortho intramolecular Hbond substituents is 1. The van der Waals surface area contributed by atoms with Crippen LogP contribution in [0.3, 0.4) is 0 Å². The summed E-state index contributed by atoms with van der Waals surface area (Å²) in [7, 11) is -0.984. The number of aromatic hydroxyl groups is 1. The lowest BCUT2D eigenvalue weighted by atomic mass is 10.3. The van der Waals surface area contributed by atoms with Crippen LogP contribution in [0.15, 0.2) is 60.7 Å². The largest absolute Gasteiger partial charge is 0.508 e. The number of para-hydroxylation sites is 1. The average molecular weight is 272 g/mol. The second-order valence-electron chi connectivity index (χ2n) is 4.60. The first-order valence-electron chi connectivity index (χ1n) is 6.77. The molecule has 1 unspecified atom stereocenters. The Kier molecular flexibility index (Phi) is 5.66. The lowest BCUT2D eigenvalue weighted by Gasteiger charge is -2.21. The first kappa shape index (κ1) is 13.8. The molecule has 0 spiro atoms. The Morgan fingerprint density at radius 2 is 1.47 bits per heavy atom. The molecule has 1 aliphatic rings. The minimum absolute atomic E-state index is 0.322. The third kappa shape index (κ3) is 4.89. The van der Waals surface area contributed by atoms with E-state index in [0.717, 1.165) is 6.61 Å². The Bertz CT molecular complexity index is 453. The molecule has 0 aromatic heterocycles. The van der Waals surface area contributed by atoms with Gasteiger partial charge in [-0.25, -0.2) is 0 Å². The number of hydrogen-bond donors (Lipinski definition) is 1. The van der Waals surface area contributed by atoms with Crippen molar-refractivity contribution in [3.05, 3.63) is 60.7 Å². The van der Waals surface area contributed by atoms with Gasteiger partial charge in [0.2, 0.25) is 9.04 Å². The highest BCUT2D eigenvalue weighted by Crippen LogP contribution is 2.10. The third-order valence-corrected chi connectivity index (χ3v) is 5.81. The second-order valence-corrected chi connectivity index (χ2v) is 7.16. The van der Waals surface area contributed by atoms with Crippen LogP contribution in [0.2, 0.25) is 6.04 Å². The van der Waals surface area contributed by atoms with Gasteiger partial charge in [0.1, 0.15) is 5.75 Å². The van der Waals surface area contributed by atoms with E-state index in [1.165, 1.54) is 24.1 Å². The van der Waals surface area contributed by atoms with Crippen molar-refractivity contribution in [1.29, 1.82) is 0 Å². The quantitative estimate of drug-likeness (QED) is 0.809. The summed E-state index contributed by atoms with van der Waals surface area (Å²) >= 11 is 0. The van der Waals surface area contributed by atoms with Gasteiger partial charge in [-0.1, -0.05) is 55.0 Å². The summed E-state index contributed by atoms with van der Waals surface area (Å²) in [5.41, 5.74) is 0. The van der Waals surface area contributed by atoms with E-state index in [1.807, 2.05) is 6.07 Å². The van der Waals surface area contributed by atoms with Crippen molar-refractivity contribution in [3.8, 4) is 5.75 Å². The van der Waals surface area contributed by atoms with E-state index >= 15 is 0 Å². The Morgan fingerprint density at radius 3 is 1.95 bits per heavy atom. The second kappa shape index (κ2) is 7.76. The van der Waals surface area contributed by atoms with Crippen molar-refractivity contribution >= 4 is 14.2 Å². The molecule has 100 valence electrons. The third-order valence-electron chi connectivity index (χ3n) is 3.11. The van der Waals surface area contributed by atoms with Crippen molar-refractivity contribution in [2.75, 3.05) is 6.61 Å². The summed E-state index contributed by atoms with van der Waals surface area (Å²) in [5, 5.41) is 10.1. The zero-order chi connectivity index (χ0) is 13.3. The Labute approximate surface area is 116 Å². The summed E-state index contributed by atoms with van der Waals surface area (Å²) in [6.45, 7) is 0.992. The molecule has 0 saturated carbocycles. The molecule has 1 atom stereocenters. The molecule has 1 heterocycles. The molecule has 1 saturated heterocycles. The number of phenols is 1. The summed E-state index contributed by atoms with van der Waals surface area (Å²) in [4.78, 5) is 0. The van der Waals surface area contributed by atoms with Gasteiger partial charge in [0, 0.05) is 6.61 Å². The van der Waals surface area contributed by atoms with E-state index in [9.17, 15) is 0 Å². The van der Waals surface area contributed by atoms with Crippen LogP contribution in [0.25, 0.3) is 0 Å². The van der Waals surface area contributed by atoms with Crippen LogP contribution in [0, 0.1) is 0 Å². The highest BCUT2D eigenvalue weighted by molar-refractivity contribution is 6.67. The van der Waals surface area contributed by atoms with E-state index in [2.05, 4.69) is 30.3 Å². The van der Waals surface area contributed by atoms with Gasteiger partial charge in [-0.05, 0) is 29.8 Å². The van der Waals surface area contributed by atoms with Crippen LogP contribution in [-0.2, 0) is 4.43 Å². The maximum Gasteiger partial charge on any atom is 0.208 e. The van der Waals surface area contributed by atoms with E-state index < -0.39 is 9.04 Å². The van der Waals surface area contributed by atoms with Crippen molar-refractivity contribution in [1.82, 2.24) is 0 Å². The average Bonchev–Trinajstić information content (AvgIpc) is 2.51. The van der Waals surface area contributed by atoms with E-state index in [1.54, 1.807) is 24.3 Å². The first-order chi connectivity index (χ1) is 9.36. The van der Waals surface area contributed by atoms with Crippen LogP contribution in [0.1, 0.15) is 12.8 Å². The zero-order valence-electron chi connectivity index (χ0n) is 11.0. The van der Waals surface area contributed by atoms with Gasteiger partial charge < -0.3 is 9.53 Å². The Hall–Kier alpha value is -1.58. The minimum Gasteiger partial charge on any atom is -0.508 e. The maximum atomic E-state index is 8.63. The number of rotatable bonds is 1. The van der Waals surface area contributed by atoms with Gasteiger partial charge in [-0.2, -0.15) is 0 Å². The Balaban J connectivity index is 0.000000163.